The Kier molecular flexibility index (Phi) is 1.86. The summed E-state index contributed by atoms with van der Waals surface area (Å²) < 4.78 is 5.38. The van der Waals surface area contributed by atoms with Gasteiger partial charge in [0.1, 0.15) is 0 Å². The number of hydrogen-bond donors (Lipinski definition) is 1. The normalized spacial score (nSPS) is 37.4. The van der Waals surface area contributed by atoms with E-state index in [1.54, 1.807) is 0 Å². The van der Waals surface area contributed by atoms with Crippen molar-refractivity contribution in [3.8, 4) is 0 Å². The Hall–Kier alpha value is -0.120. The number of nitrogens with zero attached hydrogens (tertiary/aromatic N) is 1. The molecular formula is C10H18N2O. The zero-order valence-corrected chi connectivity index (χ0v) is 8.09. The molecular weight excluding hydrogens is 164 g/mol. The van der Waals surface area contributed by atoms with Crippen molar-refractivity contribution < 1.29 is 4.74 Å². The van der Waals surface area contributed by atoms with Gasteiger partial charge in [0.25, 0.3) is 0 Å². The fourth-order valence-electron chi connectivity index (χ4n) is 2.83. The van der Waals surface area contributed by atoms with Crippen molar-refractivity contribution in [3.63, 3.8) is 0 Å². The molecule has 3 heteroatoms. The molecule has 13 heavy (non-hydrogen) atoms. The first-order valence-electron chi connectivity index (χ1n) is 5.37. The maximum Gasteiger partial charge on any atom is 0.0507 e. The summed E-state index contributed by atoms with van der Waals surface area (Å²) in [6.07, 6.45) is 1.28. The Morgan fingerprint density at radius 3 is 2.77 bits per heavy atom. The molecule has 0 aromatic rings. The van der Waals surface area contributed by atoms with Crippen LogP contribution in [-0.2, 0) is 4.74 Å². The first-order valence-corrected chi connectivity index (χ1v) is 5.37. The van der Waals surface area contributed by atoms with Gasteiger partial charge >= 0.3 is 0 Å². The van der Waals surface area contributed by atoms with Crippen LogP contribution in [0.2, 0.25) is 0 Å². The van der Waals surface area contributed by atoms with Crippen LogP contribution in [0.3, 0.4) is 0 Å². The molecule has 1 spiro atoms. The van der Waals surface area contributed by atoms with Gasteiger partial charge in [0.2, 0.25) is 0 Å². The predicted molar refractivity (Wildman–Crippen MR) is 50.7 cm³/mol. The second-order valence-electron chi connectivity index (χ2n) is 5.00. The summed E-state index contributed by atoms with van der Waals surface area (Å²) in [7, 11) is 0. The van der Waals surface area contributed by atoms with Crippen molar-refractivity contribution in [1.82, 2.24) is 10.2 Å². The van der Waals surface area contributed by atoms with Crippen molar-refractivity contribution in [2.24, 2.45) is 11.3 Å². The second kappa shape index (κ2) is 2.94. The fourth-order valence-corrected chi connectivity index (χ4v) is 2.83. The molecule has 1 N–H and O–H groups in total. The summed E-state index contributed by atoms with van der Waals surface area (Å²) in [4.78, 5) is 2.60. The standard InChI is InChI=1S/C10H18N2O/c1-2-13-4-9(1)3-12-7-10(8-12)5-11-6-10/h9,11H,1-8H2. The van der Waals surface area contributed by atoms with E-state index in [1.165, 1.54) is 39.1 Å². The SMILES string of the molecule is C1CC(CN2CC3(CNC3)C2)CO1. The van der Waals surface area contributed by atoms with Crippen LogP contribution in [0, 0.1) is 11.3 Å². The average Bonchev–Trinajstić information content (AvgIpc) is 2.43. The van der Waals surface area contributed by atoms with Gasteiger partial charge in [-0.15, -0.1) is 0 Å². The molecule has 1 atom stereocenters. The molecule has 3 saturated heterocycles. The summed E-state index contributed by atoms with van der Waals surface area (Å²) >= 11 is 0. The van der Waals surface area contributed by atoms with E-state index in [9.17, 15) is 0 Å². The van der Waals surface area contributed by atoms with Crippen LogP contribution in [0.5, 0.6) is 0 Å². The third-order valence-electron chi connectivity index (χ3n) is 3.66. The van der Waals surface area contributed by atoms with Gasteiger partial charge < -0.3 is 15.0 Å². The molecule has 0 aromatic heterocycles. The van der Waals surface area contributed by atoms with Gasteiger partial charge in [-0.25, -0.2) is 0 Å². The third-order valence-corrected chi connectivity index (χ3v) is 3.66. The largest absolute Gasteiger partial charge is 0.381 e. The van der Waals surface area contributed by atoms with Crippen molar-refractivity contribution in [2.75, 3.05) is 45.9 Å². The van der Waals surface area contributed by atoms with Crippen molar-refractivity contribution in [1.29, 1.82) is 0 Å². The molecule has 3 fully saturated rings. The van der Waals surface area contributed by atoms with Gasteiger partial charge in [-0.1, -0.05) is 0 Å². The van der Waals surface area contributed by atoms with Crippen LogP contribution < -0.4 is 5.32 Å². The van der Waals surface area contributed by atoms with Gasteiger partial charge in [0.15, 0.2) is 0 Å². The minimum absolute atomic E-state index is 0.694. The van der Waals surface area contributed by atoms with Crippen LogP contribution in [0.4, 0.5) is 0 Å². The number of hydrogen-bond acceptors (Lipinski definition) is 3. The predicted octanol–water partition coefficient (Wildman–Crippen LogP) is -0.0719. The molecule has 1 unspecified atom stereocenters. The van der Waals surface area contributed by atoms with Gasteiger partial charge in [-0.05, 0) is 12.3 Å². The lowest BCUT2D eigenvalue weighted by atomic mass is 9.74. The molecule has 3 heterocycles. The van der Waals surface area contributed by atoms with Crippen LogP contribution in [0.1, 0.15) is 6.42 Å². The Morgan fingerprint density at radius 1 is 1.38 bits per heavy atom. The molecule has 74 valence electrons. The van der Waals surface area contributed by atoms with Crippen molar-refractivity contribution in [2.45, 2.75) is 6.42 Å². The van der Waals surface area contributed by atoms with E-state index in [1.807, 2.05) is 0 Å². The van der Waals surface area contributed by atoms with Crippen LogP contribution in [0.25, 0.3) is 0 Å². The minimum atomic E-state index is 0.694. The molecule has 0 radical (unpaired) electrons. The highest BCUT2D eigenvalue weighted by molar-refractivity contribution is 5.04. The Balaban J connectivity index is 1.43. The quantitative estimate of drug-likeness (QED) is 0.647. The second-order valence-corrected chi connectivity index (χ2v) is 5.00. The minimum Gasteiger partial charge on any atom is -0.381 e. The third kappa shape index (κ3) is 1.39. The van der Waals surface area contributed by atoms with E-state index in [0.29, 0.717) is 5.41 Å². The molecule has 3 aliphatic heterocycles. The maximum absolute atomic E-state index is 5.38. The molecule has 0 saturated carbocycles. The molecule has 3 aliphatic rings. The highest BCUT2D eigenvalue weighted by Gasteiger charge is 2.47. The zero-order chi connectivity index (χ0) is 8.73. The van der Waals surface area contributed by atoms with Crippen molar-refractivity contribution >= 4 is 0 Å². The summed E-state index contributed by atoms with van der Waals surface area (Å²) in [5.74, 6) is 0.824. The van der Waals surface area contributed by atoms with Gasteiger partial charge in [0.05, 0.1) is 6.61 Å². The maximum atomic E-state index is 5.38. The van der Waals surface area contributed by atoms with E-state index in [-0.39, 0.29) is 0 Å². The molecule has 0 bridgehead atoms. The number of likely N-dealkylation sites (tertiary alicyclic amines) is 1. The number of nitrogens with one attached hydrogen (secondary N) is 1. The lowest BCUT2D eigenvalue weighted by Gasteiger charge is -2.56. The number of ether oxygens (including phenoxy) is 1. The highest BCUT2D eigenvalue weighted by atomic mass is 16.5. The summed E-state index contributed by atoms with van der Waals surface area (Å²) in [5.41, 5.74) is 0.694. The first-order chi connectivity index (χ1) is 6.36. The molecule has 0 aromatic carbocycles. The van der Waals surface area contributed by atoms with Crippen LogP contribution in [-0.4, -0.2) is 50.8 Å². The van der Waals surface area contributed by atoms with Crippen molar-refractivity contribution in [3.05, 3.63) is 0 Å². The Labute approximate surface area is 79.4 Å². The molecule has 0 aliphatic carbocycles. The Bertz CT molecular complexity index is 189. The van der Waals surface area contributed by atoms with E-state index in [4.69, 9.17) is 4.74 Å². The van der Waals surface area contributed by atoms with E-state index >= 15 is 0 Å². The van der Waals surface area contributed by atoms with E-state index < -0.39 is 0 Å². The first kappa shape index (κ1) is 8.21. The molecule has 3 rings (SSSR count). The zero-order valence-electron chi connectivity index (χ0n) is 8.09. The lowest BCUT2D eigenvalue weighted by Crippen LogP contribution is -2.71. The Morgan fingerprint density at radius 2 is 2.23 bits per heavy atom. The highest BCUT2D eigenvalue weighted by Crippen LogP contribution is 2.34. The summed E-state index contributed by atoms with van der Waals surface area (Å²) in [6, 6.07) is 0. The fraction of sp³-hybridized carbons (Fsp3) is 1.00. The van der Waals surface area contributed by atoms with E-state index in [2.05, 4.69) is 10.2 Å². The van der Waals surface area contributed by atoms with Gasteiger partial charge in [0, 0.05) is 44.7 Å². The topological polar surface area (TPSA) is 24.5 Å². The van der Waals surface area contributed by atoms with Crippen LogP contribution >= 0.6 is 0 Å². The van der Waals surface area contributed by atoms with Crippen LogP contribution in [0.15, 0.2) is 0 Å². The molecule has 0 amide bonds. The average molecular weight is 182 g/mol. The molecule has 3 nitrogen and oxygen atoms in total. The summed E-state index contributed by atoms with van der Waals surface area (Å²) in [6.45, 7) is 8.44. The lowest BCUT2D eigenvalue weighted by molar-refractivity contribution is -0.0473. The van der Waals surface area contributed by atoms with Gasteiger partial charge in [-0.3, -0.25) is 0 Å². The summed E-state index contributed by atoms with van der Waals surface area (Å²) in [5, 5.41) is 3.37. The monoisotopic (exact) mass is 182 g/mol. The smallest absolute Gasteiger partial charge is 0.0507 e. The number of rotatable bonds is 2. The van der Waals surface area contributed by atoms with E-state index in [0.717, 1.165) is 19.1 Å². The van der Waals surface area contributed by atoms with Gasteiger partial charge in [-0.2, -0.15) is 0 Å².